The summed E-state index contributed by atoms with van der Waals surface area (Å²) >= 11 is 0. The average Bonchev–Trinajstić information content (AvgIpc) is 2.69. The van der Waals surface area contributed by atoms with Gasteiger partial charge in [-0.2, -0.15) is 0 Å². The van der Waals surface area contributed by atoms with Gasteiger partial charge in [-0.3, -0.25) is 14.0 Å². The van der Waals surface area contributed by atoms with E-state index in [-0.39, 0.29) is 17.4 Å². The van der Waals surface area contributed by atoms with Crippen molar-refractivity contribution in [1.29, 1.82) is 0 Å². The van der Waals surface area contributed by atoms with Crippen molar-refractivity contribution in [2.24, 2.45) is 0 Å². The van der Waals surface area contributed by atoms with E-state index in [1.165, 1.54) is 6.20 Å². The lowest BCUT2D eigenvalue weighted by molar-refractivity contribution is -0.139. The van der Waals surface area contributed by atoms with Gasteiger partial charge in [0.25, 0.3) is 0 Å². The van der Waals surface area contributed by atoms with E-state index in [0.29, 0.717) is 11.4 Å². The number of rotatable bonds is 6. The summed E-state index contributed by atoms with van der Waals surface area (Å²) in [6.45, 7) is 1.96. The quantitative estimate of drug-likeness (QED) is 0.625. The summed E-state index contributed by atoms with van der Waals surface area (Å²) in [4.78, 5) is 20.7. The summed E-state index contributed by atoms with van der Waals surface area (Å²) < 4.78 is 17.3. The van der Waals surface area contributed by atoms with E-state index in [4.69, 9.17) is 4.74 Å². The molecule has 0 spiro atoms. The molecule has 1 unspecified atom stereocenters. The largest absolute Gasteiger partial charge is 0.465 e. The second kappa shape index (κ2) is 8.49. The number of ether oxygens (including phenoxy) is 1. The normalized spacial score (nSPS) is 11.7. The molecule has 0 aliphatic heterocycles. The molecule has 0 amide bonds. The van der Waals surface area contributed by atoms with E-state index in [9.17, 15) is 9.00 Å². The molecule has 6 heteroatoms. The Morgan fingerprint density at radius 3 is 2.12 bits per heavy atom. The van der Waals surface area contributed by atoms with Gasteiger partial charge in [-0.05, 0) is 6.92 Å². The van der Waals surface area contributed by atoms with Crippen LogP contribution in [0.15, 0.2) is 71.9 Å². The molecule has 0 fully saturated rings. The first kappa shape index (κ1) is 17.9. The highest BCUT2D eigenvalue weighted by Gasteiger charge is 2.17. The molecule has 0 radical (unpaired) electrons. The molecule has 132 valence electrons. The lowest BCUT2D eigenvalue weighted by atomic mass is 10.0. The summed E-state index contributed by atoms with van der Waals surface area (Å²) in [5.41, 5.74) is 3.12. The van der Waals surface area contributed by atoms with Crippen molar-refractivity contribution in [3.05, 3.63) is 66.9 Å². The van der Waals surface area contributed by atoms with E-state index in [1.54, 1.807) is 6.92 Å². The second-order valence-electron chi connectivity index (χ2n) is 5.43. The number of aromatic nitrogens is 2. The molecule has 1 atom stereocenters. The molecular formula is C20H18N2O3S. The van der Waals surface area contributed by atoms with Crippen LogP contribution in [-0.4, -0.2) is 32.5 Å². The minimum absolute atomic E-state index is 0.235. The molecule has 26 heavy (non-hydrogen) atoms. The number of esters is 1. The predicted molar refractivity (Wildman–Crippen MR) is 101 cm³/mol. The Morgan fingerprint density at radius 1 is 0.962 bits per heavy atom. The van der Waals surface area contributed by atoms with Gasteiger partial charge in [0.05, 0.1) is 35.0 Å². The third-order valence-electron chi connectivity index (χ3n) is 3.63. The number of benzene rings is 2. The van der Waals surface area contributed by atoms with Crippen LogP contribution in [0, 0.1) is 0 Å². The van der Waals surface area contributed by atoms with Crippen molar-refractivity contribution in [3.63, 3.8) is 0 Å². The fourth-order valence-corrected chi connectivity index (χ4v) is 3.28. The van der Waals surface area contributed by atoms with Gasteiger partial charge in [-0.25, -0.2) is 4.98 Å². The molecule has 0 aliphatic rings. The SMILES string of the molecule is CCOC(=O)CS(=O)c1cnc(-c2ccccc2)c(-c2ccccc2)n1. The minimum Gasteiger partial charge on any atom is -0.465 e. The molecule has 0 N–H and O–H groups in total. The van der Waals surface area contributed by atoms with E-state index >= 15 is 0 Å². The average molecular weight is 366 g/mol. The Labute approximate surface area is 154 Å². The topological polar surface area (TPSA) is 69.2 Å². The third-order valence-corrected chi connectivity index (χ3v) is 4.79. The molecular weight excluding hydrogens is 348 g/mol. The van der Waals surface area contributed by atoms with Crippen LogP contribution in [0.1, 0.15) is 6.92 Å². The first-order valence-electron chi connectivity index (χ1n) is 8.21. The predicted octanol–water partition coefficient (Wildman–Crippen LogP) is 3.48. The van der Waals surface area contributed by atoms with Crippen LogP contribution in [0.3, 0.4) is 0 Å². The highest BCUT2D eigenvalue weighted by atomic mass is 32.2. The fourth-order valence-electron chi connectivity index (χ4n) is 2.47. The maximum atomic E-state index is 12.5. The van der Waals surface area contributed by atoms with Crippen molar-refractivity contribution < 1.29 is 13.7 Å². The molecule has 0 saturated carbocycles. The standard InChI is InChI=1S/C20H18N2O3S/c1-2-25-18(23)14-26(24)17-13-21-19(15-9-5-3-6-10-15)20(22-17)16-11-7-4-8-12-16/h3-13H,2,14H2,1H3. The second-order valence-corrected chi connectivity index (χ2v) is 6.83. The van der Waals surface area contributed by atoms with Gasteiger partial charge in [0.1, 0.15) is 10.8 Å². The van der Waals surface area contributed by atoms with Gasteiger partial charge < -0.3 is 4.74 Å². The van der Waals surface area contributed by atoms with Gasteiger partial charge in [-0.15, -0.1) is 0 Å². The first-order valence-corrected chi connectivity index (χ1v) is 9.53. The fraction of sp³-hybridized carbons (Fsp3) is 0.150. The van der Waals surface area contributed by atoms with Crippen molar-refractivity contribution in [2.75, 3.05) is 12.4 Å². The number of carbonyl (C=O) groups excluding carboxylic acids is 1. The Morgan fingerprint density at radius 2 is 1.54 bits per heavy atom. The van der Waals surface area contributed by atoms with E-state index < -0.39 is 16.8 Å². The molecule has 2 aromatic carbocycles. The molecule has 0 saturated heterocycles. The molecule has 1 aromatic heterocycles. The van der Waals surface area contributed by atoms with Crippen LogP contribution >= 0.6 is 0 Å². The molecule has 0 aliphatic carbocycles. The maximum absolute atomic E-state index is 12.5. The molecule has 5 nitrogen and oxygen atoms in total. The van der Waals surface area contributed by atoms with Gasteiger partial charge in [-0.1, -0.05) is 60.7 Å². The van der Waals surface area contributed by atoms with Gasteiger partial charge in [0.15, 0.2) is 0 Å². The molecule has 3 aromatic rings. The summed E-state index contributed by atoms with van der Waals surface area (Å²) in [5, 5.41) is 0.261. The monoisotopic (exact) mass is 366 g/mol. The number of carbonyl (C=O) groups is 1. The number of nitrogens with zero attached hydrogens (tertiary/aromatic N) is 2. The summed E-state index contributed by atoms with van der Waals surface area (Å²) in [7, 11) is -1.61. The summed E-state index contributed by atoms with van der Waals surface area (Å²) in [6, 6.07) is 19.3. The van der Waals surface area contributed by atoms with Gasteiger partial charge in [0.2, 0.25) is 0 Å². The van der Waals surface area contributed by atoms with E-state index in [0.717, 1.165) is 11.1 Å². The maximum Gasteiger partial charge on any atom is 0.318 e. The number of hydrogen-bond acceptors (Lipinski definition) is 5. The molecule has 0 bridgehead atoms. The Balaban J connectivity index is 2.03. The van der Waals surface area contributed by atoms with Crippen LogP contribution < -0.4 is 0 Å². The number of hydrogen-bond donors (Lipinski definition) is 0. The van der Waals surface area contributed by atoms with Gasteiger partial charge >= 0.3 is 5.97 Å². The van der Waals surface area contributed by atoms with Crippen molar-refractivity contribution in [3.8, 4) is 22.5 Å². The third kappa shape index (κ3) is 4.21. The van der Waals surface area contributed by atoms with Crippen LogP contribution in [0.25, 0.3) is 22.5 Å². The van der Waals surface area contributed by atoms with Crippen LogP contribution in [-0.2, 0) is 20.3 Å². The zero-order valence-corrected chi connectivity index (χ0v) is 15.1. The molecule has 3 rings (SSSR count). The minimum atomic E-state index is -1.61. The Bertz CT molecular complexity index is 915. The smallest absolute Gasteiger partial charge is 0.318 e. The molecule has 1 heterocycles. The van der Waals surface area contributed by atoms with Crippen LogP contribution in [0.2, 0.25) is 0 Å². The summed E-state index contributed by atoms with van der Waals surface area (Å²) in [6.07, 6.45) is 1.46. The van der Waals surface area contributed by atoms with E-state index in [2.05, 4.69) is 9.97 Å². The van der Waals surface area contributed by atoms with E-state index in [1.807, 2.05) is 60.7 Å². The van der Waals surface area contributed by atoms with Crippen LogP contribution in [0.4, 0.5) is 0 Å². The zero-order chi connectivity index (χ0) is 18.4. The van der Waals surface area contributed by atoms with Gasteiger partial charge in [0, 0.05) is 11.1 Å². The van der Waals surface area contributed by atoms with Crippen molar-refractivity contribution >= 4 is 16.8 Å². The van der Waals surface area contributed by atoms with Crippen molar-refractivity contribution in [1.82, 2.24) is 9.97 Å². The summed E-state index contributed by atoms with van der Waals surface area (Å²) in [5.74, 6) is -0.748. The lowest BCUT2D eigenvalue weighted by Gasteiger charge is -2.10. The lowest BCUT2D eigenvalue weighted by Crippen LogP contribution is -2.15. The van der Waals surface area contributed by atoms with Crippen LogP contribution in [0.5, 0.6) is 0 Å². The Hall–Kier alpha value is -2.86. The van der Waals surface area contributed by atoms with Crippen molar-refractivity contribution in [2.45, 2.75) is 11.9 Å². The Kier molecular flexibility index (Phi) is 5.86. The first-order chi connectivity index (χ1) is 12.7. The highest BCUT2D eigenvalue weighted by molar-refractivity contribution is 7.85. The zero-order valence-electron chi connectivity index (χ0n) is 14.3. The highest BCUT2D eigenvalue weighted by Crippen LogP contribution is 2.29.